The lowest BCUT2D eigenvalue weighted by atomic mass is 9.84. The summed E-state index contributed by atoms with van der Waals surface area (Å²) < 4.78 is 158. The average molecular weight is 1130 g/mol. The summed E-state index contributed by atoms with van der Waals surface area (Å²) in [6.07, 6.45) is 0. The predicted octanol–water partition coefficient (Wildman–Crippen LogP) is 24.7. The van der Waals surface area contributed by atoms with Crippen molar-refractivity contribution in [3.63, 3.8) is 0 Å². The van der Waals surface area contributed by atoms with Crippen LogP contribution >= 0.6 is 0 Å². The second-order valence-corrected chi connectivity index (χ2v) is 22.1. The summed E-state index contributed by atoms with van der Waals surface area (Å²) in [5.41, 5.74) is 8.20. The summed E-state index contributed by atoms with van der Waals surface area (Å²) in [6, 6.07) is 64.2. The molecular formula is C86H52O2. The van der Waals surface area contributed by atoms with Gasteiger partial charge in [-0.1, -0.05) is 273 Å². The predicted molar refractivity (Wildman–Crippen MR) is 375 cm³/mol. The van der Waals surface area contributed by atoms with Gasteiger partial charge in [-0.3, -0.25) is 0 Å². The van der Waals surface area contributed by atoms with Crippen LogP contribution in [0, 0.1) is 0 Å². The van der Waals surface area contributed by atoms with Gasteiger partial charge in [0.2, 0.25) is 0 Å². The first-order chi connectivity index (χ1) is 50.3. The van der Waals surface area contributed by atoms with E-state index in [1.165, 1.54) is 0 Å². The van der Waals surface area contributed by atoms with E-state index in [1.54, 1.807) is 0 Å². The van der Waals surface area contributed by atoms with Crippen LogP contribution in [-0.4, -0.2) is 0 Å². The highest BCUT2D eigenvalue weighted by atomic mass is 16.3. The lowest BCUT2D eigenvalue weighted by Crippen LogP contribution is -1.92. The molecule has 2 aromatic heterocycles. The van der Waals surface area contributed by atoms with Crippen molar-refractivity contribution in [3.8, 4) is 55.6 Å². The molecule has 2 heterocycles. The minimum Gasteiger partial charge on any atom is -0.456 e. The molecule has 17 aromatic carbocycles. The Bertz CT molecular complexity index is 6890. The molecule has 408 valence electrons. The van der Waals surface area contributed by atoms with E-state index >= 15 is 0 Å². The molecule has 0 aliphatic heterocycles. The number of hydrogen-bond donors (Lipinski definition) is 0. The molecule has 2 nitrogen and oxygen atoms in total. The van der Waals surface area contributed by atoms with E-state index < -0.39 is 48.3 Å². The van der Waals surface area contributed by atoms with Gasteiger partial charge in [-0.2, -0.15) is 0 Å². The number of fused-ring (bicyclic) bond motifs is 14. The Balaban J connectivity index is 0.000000149. The minimum absolute atomic E-state index is 0.175. The number of hydrogen-bond acceptors (Lipinski definition) is 2. The van der Waals surface area contributed by atoms with Gasteiger partial charge < -0.3 is 8.83 Å². The van der Waals surface area contributed by atoms with Gasteiger partial charge in [-0.25, -0.2) is 0 Å². The van der Waals surface area contributed by atoms with Gasteiger partial charge in [0.25, 0.3) is 0 Å². The molecule has 0 radical (unpaired) electrons. The standard InChI is InChI=1S/C46H28O.C40H24O/c1-2-14-33-29(11-1)12-9-20-34(33)30-23-25-31(26-24-30)45-36-16-3-5-18-38(36)46(39-19-6-4-17-37(39)45)40-21-10-13-32-27-42-35-15-7-8-22-43(35)47-44(42)28-41(32)40;1-2-11-26-22-28(21-20-25(26)10-1)39-30-14-3-5-16-32(30)40(33-17-6-4-15-31(33)39)34-18-9-12-27-23-36-29-13-7-8-19-37(29)41-38(36)24-35(27)34/h1-28H;1-24H/i3D,4D,5D,6D,16D,17D,18D,19D;3D,4D,5D,6D,14D,15D,16D,17D. The second kappa shape index (κ2) is 20.0. The molecule has 0 saturated carbocycles. The fourth-order valence-corrected chi connectivity index (χ4v) is 13.4. The summed E-state index contributed by atoms with van der Waals surface area (Å²) in [5, 5.41) is 12.4. The van der Waals surface area contributed by atoms with Gasteiger partial charge in [0.15, 0.2) is 0 Å². The number of furan rings is 2. The minimum atomic E-state index is -0.434. The molecule has 0 N–H and O–H groups in total. The molecule has 0 atom stereocenters. The van der Waals surface area contributed by atoms with Gasteiger partial charge in [-0.05, 0) is 184 Å². The SMILES string of the molecule is [2H]c1c([2H])c([2H])c2c(-c3cccc4cc5c(cc34)oc3ccccc35)c3c([2H])c([2H])c([2H])c([2H])c3c(-c3ccc(-c4cccc5ccccc45)cc3)c2c1[2H].[2H]c1c([2H])c([2H])c2c(-c3cccc4cc5c(cc34)oc3ccccc35)c3c([2H])c([2H])c([2H])c([2H])c3c(-c3ccc4ccccc4c3)c2c1[2H]. The summed E-state index contributed by atoms with van der Waals surface area (Å²) in [7, 11) is 0. The second-order valence-electron chi connectivity index (χ2n) is 22.1. The van der Waals surface area contributed by atoms with Gasteiger partial charge in [-0.15, -0.1) is 0 Å². The van der Waals surface area contributed by atoms with Crippen molar-refractivity contribution in [1.29, 1.82) is 0 Å². The lowest BCUT2D eigenvalue weighted by Gasteiger charge is -2.19. The molecule has 0 unspecified atom stereocenters. The molecule has 0 aliphatic carbocycles. The molecule has 0 amide bonds. The fraction of sp³-hybridized carbons (Fsp3) is 0. The Labute approximate surface area is 529 Å². The largest absolute Gasteiger partial charge is 0.456 e. The fourth-order valence-electron chi connectivity index (χ4n) is 13.4. The van der Waals surface area contributed by atoms with Crippen molar-refractivity contribution in [3.05, 3.63) is 315 Å². The molecule has 0 saturated heterocycles. The van der Waals surface area contributed by atoms with E-state index in [0.717, 1.165) is 81.5 Å². The van der Waals surface area contributed by atoms with Gasteiger partial charge >= 0.3 is 0 Å². The van der Waals surface area contributed by atoms with Gasteiger partial charge in [0, 0.05) is 21.5 Å². The van der Waals surface area contributed by atoms with E-state index in [9.17, 15) is 11.0 Å². The van der Waals surface area contributed by atoms with Crippen LogP contribution in [0.1, 0.15) is 21.9 Å². The van der Waals surface area contributed by atoms with Crippen LogP contribution in [0.15, 0.2) is 324 Å². The third-order valence-electron chi connectivity index (χ3n) is 17.4. The highest BCUT2D eigenvalue weighted by Crippen LogP contribution is 2.49. The van der Waals surface area contributed by atoms with Crippen molar-refractivity contribution in [2.45, 2.75) is 0 Å². The van der Waals surface area contributed by atoms with Crippen LogP contribution in [0.2, 0.25) is 0 Å². The van der Waals surface area contributed by atoms with E-state index in [4.69, 9.17) is 19.8 Å². The van der Waals surface area contributed by atoms with E-state index in [1.807, 2.05) is 200 Å². The third-order valence-corrected chi connectivity index (χ3v) is 17.4. The van der Waals surface area contributed by atoms with Crippen LogP contribution in [0.5, 0.6) is 0 Å². The molecule has 0 bridgehead atoms. The zero-order chi connectivity index (χ0) is 71.7. The first kappa shape index (κ1) is 36.3. The number of benzene rings is 17. The molecule has 0 fully saturated rings. The molecular weight excluding hydrogens is 1060 g/mol. The van der Waals surface area contributed by atoms with Gasteiger partial charge in [0.05, 0.1) is 21.9 Å². The monoisotopic (exact) mass is 1130 g/mol. The maximum atomic E-state index is 9.40. The van der Waals surface area contributed by atoms with E-state index in [-0.39, 0.29) is 91.4 Å². The Morgan fingerprint density at radius 3 is 1.06 bits per heavy atom. The Kier molecular flexibility index (Phi) is 8.26. The van der Waals surface area contributed by atoms with E-state index in [0.29, 0.717) is 61.1 Å². The normalized spacial score (nSPS) is 14.4. The van der Waals surface area contributed by atoms with Crippen molar-refractivity contribution < 1.29 is 30.8 Å². The number of para-hydroxylation sites is 2. The van der Waals surface area contributed by atoms with Crippen molar-refractivity contribution in [2.75, 3.05) is 0 Å². The van der Waals surface area contributed by atoms with E-state index in [2.05, 4.69) is 18.2 Å². The summed E-state index contributed by atoms with van der Waals surface area (Å²) in [4.78, 5) is 0. The quantitative estimate of drug-likeness (QED) is 0.161. The summed E-state index contributed by atoms with van der Waals surface area (Å²) >= 11 is 0. The molecule has 88 heavy (non-hydrogen) atoms. The zero-order valence-corrected chi connectivity index (χ0v) is 46.6. The van der Waals surface area contributed by atoms with Crippen molar-refractivity contribution in [2.24, 2.45) is 0 Å². The Morgan fingerprint density at radius 2 is 0.557 bits per heavy atom. The maximum Gasteiger partial charge on any atom is 0.136 e. The van der Waals surface area contributed by atoms with Crippen molar-refractivity contribution >= 4 is 130 Å². The van der Waals surface area contributed by atoms with Crippen LogP contribution in [-0.2, 0) is 0 Å². The molecule has 19 rings (SSSR count). The average Bonchev–Trinajstić information content (AvgIpc) is 0.767. The Hall–Kier alpha value is -11.6. The topological polar surface area (TPSA) is 26.3 Å². The maximum absolute atomic E-state index is 9.40. The van der Waals surface area contributed by atoms with Crippen LogP contribution in [0.4, 0.5) is 0 Å². The lowest BCUT2D eigenvalue weighted by molar-refractivity contribution is 0.669. The summed E-state index contributed by atoms with van der Waals surface area (Å²) in [5.74, 6) is 0. The van der Waals surface area contributed by atoms with Crippen molar-refractivity contribution in [1.82, 2.24) is 0 Å². The number of rotatable bonds is 5. The first-order valence-electron chi connectivity index (χ1n) is 37.0. The van der Waals surface area contributed by atoms with Crippen LogP contribution in [0.25, 0.3) is 186 Å². The van der Waals surface area contributed by atoms with Crippen LogP contribution in [0.3, 0.4) is 0 Å². The molecule has 2 heteroatoms. The molecule has 19 aromatic rings. The molecule has 0 spiro atoms. The summed E-state index contributed by atoms with van der Waals surface area (Å²) in [6.45, 7) is 0. The highest BCUT2D eigenvalue weighted by molar-refractivity contribution is 6.27. The zero-order valence-electron chi connectivity index (χ0n) is 62.6. The first-order valence-corrected chi connectivity index (χ1v) is 29.0. The smallest absolute Gasteiger partial charge is 0.136 e. The van der Waals surface area contributed by atoms with Crippen LogP contribution < -0.4 is 0 Å². The molecule has 0 aliphatic rings. The highest BCUT2D eigenvalue weighted by Gasteiger charge is 2.22. The Morgan fingerprint density at radius 1 is 0.193 bits per heavy atom. The van der Waals surface area contributed by atoms with Gasteiger partial charge in [0.1, 0.15) is 22.3 Å². The third kappa shape index (κ3) is 7.89.